The molecule has 3 saturated heterocycles. The number of nitrogens with zero attached hydrogens (tertiary/aromatic N) is 3. The lowest BCUT2D eigenvalue weighted by Gasteiger charge is -2.28. The molecule has 0 N–H and O–H groups in total. The number of rotatable bonds is 3. The minimum absolute atomic E-state index is 0.167. The Morgan fingerprint density at radius 1 is 0.556 bits per heavy atom. The van der Waals surface area contributed by atoms with Gasteiger partial charge in [0.25, 0.3) is 0 Å². The van der Waals surface area contributed by atoms with Gasteiger partial charge in [-0.15, -0.1) is 0 Å². The maximum absolute atomic E-state index is 9.44. The summed E-state index contributed by atoms with van der Waals surface area (Å²) in [5.74, 6) is 3.19. The summed E-state index contributed by atoms with van der Waals surface area (Å²) in [4.78, 5) is 16.7. The van der Waals surface area contributed by atoms with E-state index in [4.69, 9.17) is 0 Å². The van der Waals surface area contributed by atoms with Gasteiger partial charge in [0.1, 0.15) is 5.78 Å². The summed E-state index contributed by atoms with van der Waals surface area (Å²) in [5, 5.41) is 0. The lowest BCUT2D eigenvalue weighted by atomic mass is 9.95. The number of hydrogen-bond acceptors (Lipinski definition) is 4. The molecule has 0 spiro atoms. The number of Topliss-reactive ketones (excluding diaryl/α,β-unsaturated/α-hetero) is 1. The van der Waals surface area contributed by atoms with Crippen LogP contribution in [0.3, 0.4) is 0 Å². The van der Waals surface area contributed by atoms with Crippen LogP contribution >= 0.6 is 0 Å². The van der Waals surface area contributed by atoms with E-state index in [1.807, 2.05) is 0 Å². The van der Waals surface area contributed by atoms with E-state index in [1.165, 1.54) is 117 Å². The van der Waals surface area contributed by atoms with Gasteiger partial charge in [0.15, 0.2) is 0 Å². The smallest absolute Gasteiger partial charge is 0.126 e. The Bertz CT molecular complexity index is 429. The molecule has 3 rings (SSSR count). The van der Waals surface area contributed by atoms with Crippen LogP contribution < -0.4 is 0 Å². The lowest BCUT2D eigenvalue weighted by Crippen LogP contribution is -2.31. The van der Waals surface area contributed by atoms with Crippen molar-refractivity contribution >= 4 is 5.78 Å². The van der Waals surface area contributed by atoms with Gasteiger partial charge >= 0.3 is 0 Å². The van der Waals surface area contributed by atoms with Gasteiger partial charge in [-0.1, -0.05) is 80.6 Å². The Hall–Kier alpha value is -0.450. The van der Waals surface area contributed by atoms with Crippen LogP contribution in [0.5, 0.6) is 0 Å². The molecule has 4 heteroatoms. The average Bonchev–Trinajstić information content (AvgIpc) is 3.26. The van der Waals surface area contributed by atoms with E-state index in [9.17, 15) is 4.79 Å². The molecule has 4 nitrogen and oxygen atoms in total. The van der Waals surface area contributed by atoms with Crippen molar-refractivity contribution in [3.63, 3.8) is 0 Å². The average molecular weight is 514 g/mol. The minimum Gasteiger partial charge on any atom is -0.306 e. The standard InChI is InChI=1S/2C8H17N.C7H15N.C3H6O.2C3H8/c1-3-8-4-6-9(2)7-5-8;1-3-8-5-4-6-9(2)7-8;1-3-7-4-5-8(2)6-7;1-3(2)4;2*1-3-2/h2*8H,3-7H2,1-2H3;7H,3-6H2,1-2H3;1-2H3;2*3H2,1-2H3. The molecule has 0 saturated carbocycles. The molecular weight excluding hydrogens is 442 g/mol. The lowest BCUT2D eigenvalue weighted by molar-refractivity contribution is -0.114. The maximum Gasteiger partial charge on any atom is 0.126 e. The largest absolute Gasteiger partial charge is 0.306 e. The predicted molar refractivity (Wildman–Crippen MR) is 165 cm³/mol. The van der Waals surface area contributed by atoms with Crippen molar-refractivity contribution < 1.29 is 4.79 Å². The van der Waals surface area contributed by atoms with Crippen LogP contribution in [0.25, 0.3) is 0 Å². The van der Waals surface area contributed by atoms with Crippen molar-refractivity contribution in [2.24, 2.45) is 17.8 Å². The Morgan fingerprint density at radius 2 is 0.861 bits per heavy atom. The van der Waals surface area contributed by atoms with Crippen LogP contribution in [-0.4, -0.2) is 80.9 Å². The first-order chi connectivity index (χ1) is 17.0. The Kier molecular flexibility index (Phi) is 32.4. The molecule has 3 aliphatic heterocycles. The number of likely N-dealkylation sites (tertiary alicyclic amines) is 3. The van der Waals surface area contributed by atoms with Crippen molar-refractivity contribution in [1.82, 2.24) is 14.7 Å². The van der Waals surface area contributed by atoms with Gasteiger partial charge in [-0.05, 0) is 111 Å². The summed E-state index contributed by atoms with van der Waals surface area (Å²) in [7, 11) is 6.64. The fourth-order valence-corrected chi connectivity index (χ4v) is 4.44. The van der Waals surface area contributed by atoms with Crippen LogP contribution in [0.1, 0.15) is 127 Å². The highest BCUT2D eigenvalue weighted by Crippen LogP contribution is 2.18. The van der Waals surface area contributed by atoms with E-state index in [2.05, 4.69) is 84.3 Å². The van der Waals surface area contributed by atoms with E-state index in [0.29, 0.717) is 0 Å². The Balaban J connectivity index is -0.000000385. The van der Waals surface area contributed by atoms with Crippen LogP contribution in [0, 0.1) is 17.8 Å². The van der Waals surface area contributed by atoms with E-state index < -0.39 is 0 Å². The number of carbonyl (C=O) groups is 1. The highest BCUT2D eigenvalue weighted by Gasteiger charge is 2.16. The number of carbonyl (C=O) groups excluding carboxylic acids is 1. The summed E-state index contributed by atoms with van der Waals surface area (Å²) in [5.41, 5.74) is 0. The zero-order valence-electron chi connectivity index (χ0n) is 27.3. The third kappa shape index (κ3) is 29.8. The topological polar surface area (TPSA) is 26.8 Å². The first kappa shape index (κ1) is 40.1. The molecule has 0 aromatic rings. The normalized spacial score (nSPS) is 22.6. The predicted octanol–water partition coefficient (Wildman–Crippen LogP) is 8.25. The fourth-order valence-electron chi connectivity index (χ4n) is 4.44. The molecule has 0 aromatic heterocycles. The van der Waals surface area contributed by atoms with Crippen molar-refractivity contribution in [3.05, 3.63) is 0 Å². The summed E-state index contributed by atoms with van der Waals surface area (Å²) >= 11 is 0. The molecule has 3 heterocycles. The zero-order chi connectivity index (χ0) is 28.4. The fraction of sp³-hybridized carbons (Fsp3) is 0.969. The van der Waals surface area contributed by atoms with E-state index in [-0.39, 0.29) is 5.78 Å². The van der Waals surface area contributed by atoms with Crippen molar-refractivity contribution in [2.45, 2.75) is 127 Å². The second-order valence-corrected chi connectivity index (χ2v) is 11.5. The quantitative estimate of drug-likeness (QED) is 0.379. The zero-order valence-corrected chi connectivity index (χ0v) is 27.3. The highest BCUT2D eigenvalue weighted by molar-refractivity contribution is 5.72. The van der Waals surface area contributed by atoms with Gasteiger partial charge in [0, 0.05) is 13.1 Å². The van der Waals surface area contributed by atoms with E-state index in [1.54, 1.807) is 0 Å². The minimum atomic E-state index is 0.167. The maximum atomic E-state index is 9.44. The van der Waals surface area contributed by atoms with Gasteiger partial charge in [-0.2, -0.15) is 0 Å². The van der Waals surface area contributed by atoms with Crippen LogP contribution in [0.4, 0.5) is 0 Å². The molecular formula is C32H71N3O. The summed E-state index contributed by atoms with van der Waals surface area (Å²) in [6, 6.07) is 0. The number of hydrogen-bond donors (Lipinski definition) is 0. The molecule has 220 valence electrons. The van der Waals surface area contributed by atoms with E-state index in [0.717, 1.165) is 17.8 Å². The third-order valence-corrected chi connectivity index (χ3v) is 6.78. The second-order valence-electron chi connectivity index (χ2n) is 11.5. The molecule has 36 heavy (non-hydrogen) atoms. The Morgan fingerprint density at radius 3 is 1.14 bits per heavy atom. The van der Waals surface area contributed by atoms with Crippen molar-refractivity contribution in [1.29, 1.82) is 0 Å². The van der Waals surface area contributed by atoms with E-state index >= 15 is 0 Å². The van der Waals surface area contributed by atoms with Crippen molar-refractivity contribution in [3.8, 4) is 0 Å². The first-order valence-corrected chi connectivity index (χ1v) is 15.6. The molecule has 2 unspecified atom stereocenters. The highest BCUT2D eigenvalue weighted by atomic mass is 16.1. The molecule has 3 fully saturated rings. The van der Waals surface area contributed by atoms with Crippen LogP contribution in [0.15, 0.2) is 0 Å². The molecule has 3 aliphatic rings. The van der Waals surface area contributed by atoms with Crippen LogP contribution in [-0.2, 0) is 4.79 Å². The van der Waals surface area contributed by atoms with Crippen molar-refractivity contribution in [2.75, 3.05) is 60.4 Å². The summed E-state index contributed by atoms with van der Waals surface area (Å²) in [6.07, 6.45) is 13.8. The summed E-state index contributed by atoms with van der Waals surface area (Å²) < 4.78 is 0. The second kappa shape index (κ2) is 29.1. The molecule has 0 bridgehead atoms. The molecule has 0 aliphatic carbocycles. The molecule has 0 amide bonds. The third-order valence-electron chi connectivity index (χ3n) is 6.78. The molecule has 0 radical (unpaired) electrons. The SMILES string of the molecule is CC(C)=O.CCC.CCC.CCC1CCCN(C)C1.CCC1CCN(C)C1.CCC1CCN(C)CC1. The van der Waals surface area contributed by atoms with Gasteiger partial charge in [0.05, 0.1) is 0 Å². The summed E-state index contributed by atoms with van der Waals surface area (Å²) in [6.45, 7) is 26.4. The van der Waals surface area contributed by atoms with Gasteiger partial charge in [0.2, 0.25) is 0 Å². The van der Waals surface area contributed by atoms with Gasteiger partial charge < -0.3 is 19.5 Å². The monoisotopic (exact) mass is 514 g/mol. The molecule has 2 atom stereocenters. The first-order valence-electron chi connectivity index (χ1n) is 15.6. The van der Waals surface area contributed by atoms with Crippen LogP contribution in [0.2, 0.25) is 0 Å². The molecule has 0 aromatic carbocycles. The Labute approximate surface area is 230 Å². The van der Waals surface area contributed by atoms with Gasteiger partial charge in [-0.3, -0.25) is 0 Å². The number of piperidine rings is 2. The number of ketones is 1. The van der Waals surface area contributed by atoms with Gasteiger partial charge in [-0.25, -0.2) is 0 Å².